The van der Waals surface area contributed by atoms with Crippen molar-refractivity contribution in [3.8, 4) is 11.1 Å². The number of rotatable bonds is 2. The number of piperidine rings is 1. The lowest BCUT2D eigenvalue weighted by atomic mass is 9.77. The summed E-state index contributed by atoms with van der Waals surface area (Å²) in [7, 11) is 0. The SMILES string of the molecule is O=c1c(-c2ccc(Cl)cc2)c(N2CCCC3CCCCC32)c1=O. The van der Waals surface area contributed by atoms with E-state index in [0.717, 1.165) is 24.9 Å². The summed E-state index contributed by atoms with van der Waals surface area (Å²) >= 11 is 5.94. The maximum absolute atomic E-state index is 12.3. The summed E-state index contributed by atoms with van der Waals surface area (Å²) in [4.78, 5) is 26.8. The highest BCUT2D eigenvalue weighted by Crippen LogP contribution is 2.39. The Morgan fingerprint density at radius 1 is 0.913 bits per heavy atom. The Hall–Kier alpha value is -1.61. The number of hydrogen-bond donors (Lipinski definition) is 0. The largest absolute Gasteiger partial charge is 0.364 e. The molecule has 2 aromatic carbocycles. The summed E-state index contributed by atoms with van der Waals surface area (Å²) in [5.74, 6) is 0.681. The van der Waals surface area contributed by atoms with E-state index in [0.29, 0.717) is 28.2 Å². The Bertz CT molecular complexity index is 787. The molecule has 2 aliphatic rings. The van der Waals surface area contributed by atoms with Crippen molar-refractivity contribution in [2.45, 2.75) is 44.6 Å². The summed E-state index contributed by atoms with van der Waals surface area (Å²) in [5.41, 5.74) is 1.42. The molecule has 1 saturated heterocycles. The molecule has 23 heavy (non-hydrogen) atoms. The van der Waals surface area contributed by atoms with Crippen LogP contribution in [0.3, 0.4) is 0 Å². The highest BCUT2D eigenvalue weighted by atomic mass is 35.5. The lowest BCUT2D eigenvalue weighted by Crippen LogP contribution is -2.52. The van der Waals surface area contributed by atoms with Crippen LogP contribution >= 0.6 is 11.6 Å². The second-order valence-corrected chi connectivity index (χ2v) is 7.27. The van der Waals surface area contributed by atoms with Gasteiger partial charge in [0.2, 0.25) is 10.9 Å². The average molecular weight is 330 g/mol. The molecule has 4 rings (SSSR count). The number of benzene rings is 1. The molecule has 1 aliphatic carbocycles. The first-order valence-electron chi connectivity index (χ1n) is 8.52. The number of halogens is 1. The van der Waals surface area contributed by atoms with Gasteiger partial charge in [-0.3, -0.25) is 9.59 Å². The van der Waals surface area contributed by atoms with Crippen molar-refractivity contribution in [2.24, 2.45) is 5.92 Å². The van der Waals surface area contributed by atoms with Crippen LogP contribution in [0.5, 0.6) is 0 Å². The van der Waals surface area contributed by atoms with E-state index in [-0.39, 0.29) is 10.9 Å². The number of hydrogen-bond acceptors (Lipinski definition) is 3. The van der Waals surface area contributed by atoms with Gasteiger partial charge in [-0.1, -0.05) is 36.6 Å². The molecule has 1 saturated carbocycles. The fraction of sp³-hybridized carbons (Fsp3) is 0.474. The van der Waals surface area contributed by atoms with Gasteiger partial charge in [0.1, 0.15) is 5.69 Å². The van der Waals surface area contributed by atoms with E-state index in [2.05, 4.69) is 4.90 Å². The van der Waals surface area contributed by atoms with Crippen LogP contribution in [0, 0.1) is 5.92 Å². The lowest BCUT2D eigenvalue weighted by molar-refractivity contribution is 0.243. The van der Waals surface area contributed by atoms with Gasteiger partial charge in [-0.15, -0.1) is 0 Å². The molecule has 3 nitrogen and oxygen atoms in total. The van der Waals surface area contributed by atoms with Crippen molar-refractivity contribution in [2.75, 3.05) is 11.4 Å². The molecule has 2 atom stereocenters. The van der Waals surface area contributed by atoms with Gasteiger partial charge < -0.3 is 4.90 Å². The third-order valence-corrected chi connectivity index (χ3v) is 5.80. The van der Waals surface area contributed by atoms with Crippen molar-refractivity contribution >= 4 is 17.3 Å². The molecule has 1 aliphatic heterocycles. The molecule has 1 heterocycles. The number of nitrogens with zero attached hydrogens (tertiary/aromatic N) is 1. The first kappa shape index (κ1) is 14.9. The van der Waals surface area contributed by atoms with Gasteiger partial charge in [-0.2, -0.15) is 0 Å². The Labute approximate surface area is 140 Å². The van der Waals surface area contributed by atoms with Crippen molar-refractivity contribution in [1.29, 1.82) is 0 Å². The van der Waals surface area contributed by atoms with E-state index < -0.39 is 0 Å². The van der Waals surface area contributed by atoms with Crippen molar-refractivity contribution in [3.63, 3.8) is 0 Å². The molecule has 0 spiro atoms. The Morgan fingerprint density at radius 2 is 1.61 bits per heavy atom. The highest BCUT2D eigenvalue weighted by molar-refractivity contribution is 6.30. The monoisotopic (exact) mass is 329 g/mol. The minimum Gasteiger partial charge on any atom is -0.364 e. The third-order valence-electron chi connectivity index (χ3n) is 5.55. The van der Waals surface area contributed by atoms with E-state index in [1.807, 2.05) is 12.1 Å². The van der Waals surface area contributed by atoms with E-state index in [9.17, 15) is 9.59 Å². The standard InChI is InChI=1S/C19H20ClNO2/c20-14-9-7-13(8-10-14)16-17(19(23)18(16)22)21-11-3-5-12-4-1-2-6-15(12)21/h7-10,12,15H,1-6,11H2. The summed E-state index contributed by atoms with van der Waals surface area (Å²) in [6, 6.07) is 7.66. The molecule has 2 aromatic rings. The first-order valence-corrected chi connectivity index (χ1v) is 8.90. The molecule has 120 valence electrons. The predicted octanol–water partition coefficient (Wildman–Crippen LogP) is 3.76. The average Bonchev–Trinajstić information content (AvgIpc) is 2.59. The van der Waals surface area contributed by atoms with Crippen LogP contribution in [0.2, 0.25) is 5.02 Å². The smallest absolute Gasteiger partial charge is 0.250 e. The van der Waals surface area contributed by atoms with Crippen molar-refractivity contribution < 1.29 is 0 Å². The van der Waals surface area contributed by atoms with E-state index in [1.54, 1.807) is 12.1 Å². The fourth-order valence-corrected chi connectivity index (χ4v) is 4.57. The Balaban J connectivity index is 1.74. The maximum atomic E-state index is 12.3. The molecular weight excluding hydrogens is 310 g/mol. The quantitative estimate of drug-likeness (QED) is 0.787. The molecule has 2 unspecified atom stereocenters. The predicted molar refractivity (Wildman–Crippen MR) is 94.1 cm³/mol. The van der Waals surface area contributed by atoms with Gasteiger partial charge in [-0.05, 0) is 49.3 Å². The van der Waals surface area contributed by atoms with Crippen LogP contribution in [0.15, 0.2) is 33.9 Å². The molecule has 0 N–H and O–H groups in total. The second-order valence-electron chi connectivity index (χ2n) is 6.84. The maximum Gasteiger partial charge on any atom is 0.250 e. The summed E-state index contributed by atoms with van der Waals surface area (Å²) in [6.45, 7) is 0.895. The molecule has 0 radical (unpaired) electrons. The lowest BCUT2D eigenvalue weighted by Gasteiger charge is -2.46. The Morgan fingerprint density at radius 3 is 2.39 bits per heavy atom. The molecular formula is C19H20ClNO2. The molecule has 2 fully saturated rings. The summed E-state index contributed by atoms with van der Waals surface area (Å²) in [6.07, 6.45) is 7.29. The van der Waals surface area contributed by atoms with Crippen LogP contribution < -0.4 is 15.8 Å². The summed E-state index contributed by atoms with van der Waals surface area (Å²) < 4.78 is 0. The number of anilines is 1. The van der Waals surface area contributed by atoms with Crippen LogP contribution in [0.1, 0.15) is 38.5 Å². The van der Waals surface area contributed by atoms with Crippen LogP contribution in [-0.2, 0) is 0 Å². The summed E-state index contributed by atoms with van der Waals surface area (Å²) in [5, 5.41) is 0.638. The van der Waals surface area contributed by atoms with Crippen molar-refractivity contribution in [3.05, 3.63) is 49.7 Å². The molecule has 0 bridgehead atoms. The minimum absolute atomic E-state index is 0.304. The Kier molecular flexibility index (Phi) is 3.76. The van der Waals surface area contributed by atoms with Crippen LogP contribution in [-0.4, -0.2) is 12.6 Å². The van der Waals surface area contributed by atoms with Crippen LogP contribution in [0.25, 0.3) is 11.1 Å². The third kappa shape index (κ3) is 2.42. The molecule has 0 aromatic heterocycles. The van der Waals surface area contributed by atoms with Gasteiger partial charge in [0, 0.05) is 17.6 Å². The normalized spacial score (nSPS) is 24.7. The van der Waals surface area contributed by atoms with Gasteiger partial charge in [0.25, 0.3) is 0 Å². The highest BCUT2D eigenvalue weighted by Gasteiger charge is 2.38. The minimum atomic E-state index is -0.347. The fourth-order valence-electron chi connectivity index (χ4n) is 4.44. The van der Waals surface area contributed by atoms with Crippen LogP contribution in [0.4, 0.5) is 5.69 Å². The zero-order valence-corrected chi connectivity index (χ0v) is 13.8. The zero-order valence-electron chi connectivity index (χ0n) is 13.1. The number of fused-ring (bicyclic) bond motifs is 1. The first-order chi connectivity index (χ1) is 11.2. The topological polar surface area (TPSA) is 37.4 Å². The van der Waals surface area contributed by atoms with Gasteiger partial charge in [-0.25, -0.2) is 0 Å². The molecule has 0 amide bonds. The molecule has 4 heteroatoms. The zero-order chi connectivity index (χ0) is 16.0. The second kappa shape index (κ2) is 5.79. The van der Waals surface area contributed by atoms with Crippen molar-refractivity contribution in [1.82, 2.24) is 0 Å². The van der Waals surface area contributed by atoms with E-state index in [1.165, 1.54) is 25.7 Å². The van der Waals surface area contributed by atoms with Gasteiger partial charge in [0.15, 0.2) is 0 Å². The van der Waals surface area contributed by atoms with E-state index in [4.69, 9.17) is 11.6 Å². The van der Waals surface area contributed by atoms with Gasteiger partial charge in [0.05, 0.1) is 5.56 Å². The van der Waals surface area contributed by atoms with Gasteiger partial charge >= 0.3 is 0 Å². The van der Waals surface area contributed by atoms with E-state index >= 15 is 0 Å².